The number of aliphatic hydroxyl groups excluding tert-OH is 1. The maximum Gasteiger partial charge on any atom is 0.509 e. The Hall–Kier alpha value is -3.02. The van der Waals surface area contributed by atoms with Crippen LogP contribution in [0, 0.1) is 0 Å². The molecule has 1 atom stereocenters. The summed E-state index contributed by atoms with van der Waals surface area (Å²) >= 11 is 0. The number of aliphatic hydroxyl groups is 1. The molecule has 5 rings (SSSR count). The Morgan fingerprint density at radius 1 is 1.22 bits per heavy atom. The van der Waals surface area contributed by atoms with Crippen LogP contribution in [-0.2, 0) is 37.8 Å². The molecule has 2 aliphatic heterocycles. The number of carbonyl (C=O) groups excluding carboxylic acids is 2. The third-order valence-electron chi connectivity index (χ3n) is 6.29. The van der Waals surface area contributed by atoms with Crippen molar-refractivity contribution in [2.24, 2.45) is 0 Å². The monoisotopic (exact) mass is 528 g/mol. The molecule has 1 aromatic carbocycles. The van der Waals surface area contributed by atoms with E-state index < -0.39 is 17.7 Å². The highest BCUT2D eigenvalue weighted by atomic mass is 33.1. The zero-order valence-corrected chi connectivity index (χ0v) is 21.2. The van der Waals surface area contributed by atoms with Crippen molar-refractivity contribution in [2.45, 2.75) is 32.1 Å². The Kier molecular flexibility index (Phi) is 6.96. The van der Waals surface area contributed by atoms with Crippen molar-refractivity contribution in [1.82, 2.24) is 9.55 Å². The van der Waals surface area contributed by atoms with E-state index in [-0.39, 0.29) is 37.4 Å². The second kappa shape index (κ2) is 10.2. The highest BCUT2D eigenvalue weighted by molar-refractivity contribution is 8.76. The van der Waals surface area contributed by atoms with Crippen molar-refractivity contribution in [3.63, 3.8) is 0 Å². The van der Waals surface area contributed by atoms with Gasteiger partial charge in [-0.1, -0.05) is 46.7 Å². The molecule has 9 nitrogen and oxygen atoms in total. The molecule has 0 saturated heterocycles. The van der Waals surface area contributed by atoms with Crippen LogP contribution < -0.4 is 5.56 Å². The van der Waals surface area contributed by atoms with E-state index in [2.05, 4.69) is 0 Å². The lowest BCUT2D eigenvalue weighted by Gasteiger charge is -2.35. The number of fused-ring (bicyclic) bond motifs is 5. The molecule has 188 valence electrons. The molecule has 1 unspecified atom stereocenters. The van der Waals surface area contributed by atoms with Crippen LogP contribution in [0.2, 0.25) is 0 Å². The number of ether oxygens (including phenoxy) is 3. The predicted octanol–water partition coefficient (Wildman–Crippen LogP) is 3.61. The first kappa shape index (κ1) is 24.7. The number of benzene rings is 1. The quantitative estimate of drug-likeness (QED) is 0.206. The normalized spacial score (nSPS) is 17.8. The van der Waals surface area contributed by atoms with Gasteiger partial charge in [0, 0.05) is 28.0 Å². The van der Waals surface area contributed by atoms with Gasteiger partial charge in [-0.15, -0.1) is 0 Å². The first-order valence-corrected chi connectivity index (χ1v) is 14.0. The van der Waals surface area contributed by atoms with Crippen LogP contribution in [-0.4, -0.2) is 51.5 Å². The first-order chi connectivity index (χ1) is 17.5. The summed E-state index contributed by atoms with van der Waals surface area (Å²) < 4.78 is 17.7. The van der Waals surface area contributed by atoms with E-state index in [0.717, 1.165) is 16.5 Å². The van der Waals surface area contributed by atoms with Crippen LogP contribution in [0.5, 0.6) is 0 Å². The maximum absolute atomic E-state index is 13.5. The molecule has 1 N–H and O–H groups in total. The lowest BCUT2D eigenvalue weighted by atomic mass is 9.85. The van der Waals surface area contributed by atoms with Crippen molar-refractivity contribution in [3.8, 4) is 11.4 Å². The zero-order chi connectivity index (χ0) is 25.3. The van der Waals surface area contributed by atoms with E-state index in [0.29, 0.717) is 35.0 Å². The van der Waals surface area contributed by atoms with E-state index in [4.69, 9.17) is 24.3 Å². The average molecular weight is 529 g/mol. The Bertz CT molecular complexity index is 1410. The fourth-order valence-corrected chi connectivity index (χ4v) is 6.16. The minimum Gasteiger partial charge on any atom is -0.457 e. The van der Waals surface area contributed by atoms with Crippen molar-refractivity contribution in [2.75, 3.05) is 24.7 Å². The fraction of sp³-hybridized carbons (Fsp3) is 0.360. The number of pyridine rings is 2. The molecule has 3 aromatic rings. The summed E-state index contributed by atoms with van der Waals surface area (Å²) in [4.78, 5) is 43.9. The van der Waals surface area contributed by atoms with Crippen molar-refractivity contribution in [3.05, 3.63) is 63.4 Å². The van der Waals surface area contributed by atoms with Crippen molar-refractivity contribution < 1.29 is 28.9 Å². The van der Waals surface area contributed by atoms with Gasteiger partial charge in [0.25, 0.3) is 5.56 Å². The number of hydrogen-bond donors (Lipinski definition) is 1. The number of para-hydroxylation sites is 1. The van der Waals surface area contributed by atoms with E-state index in [9.17, 15) is 14.4 Å². The van der Waals surface area contributed by atoms with Gasteiger partial charge in [0.15, 0.2) is 0 Å². The van der Waals surface area contributed by atoms with E-state index in [1.807, 2.05) is 30.3 Å². The van der Waals surface area contributed by atoms with E-state index >= 15 is 0 Å². The molecule has 0 fully saturated rings. The van der Waals surface area contributed by atoms with E-state index in [1.54, 1.807) is 17.6 Å². The van der Waals surface area contributed by atoms with Crippen LogP contribution in [0.4, 0.5) is 4.79 Å². The number of carbonyl (C=O) groups is 2. The molecule has 0 bridgehead atoms. The van der Waals surface area contributed by atoms with Crippen LogP contribution in [0.15, 0.2) is 41.2 Å². The average Bonchev–Trinajstić information content (AvgIpc) is 3.24. The SMILES string of the molecule is CCC1(OC(=O)OCCSSCCO)C(=O)OCc2c1cc1n(c2=O)Cc2cc3ccccc3nc2-1. The van der Waals surface area contributed by atoms with Crippen molar-refractivity contribution >= 4 is 44.6 Å². The summed E-state index contributed by atoms with van der Waals surface area (Å²) in [6, 6.07) is 11.5. The number of nitrogens with zero attached hydrogens (tertiary/aromatic N) is 2. The van der Waals surface area contributed by atoms with Gasteiger partial charge < -0.3 is 23.9 Å². The summed E-state index contributed by atoms with van der Waals surface area (Å²) in [5.41, 5.74) is 1.43. The Morgan fingerprint density at radius 3 is 2.83 bits per heavy atom. The molecular formula is C25H24N2O7S2. The maximum atomic E-state index is 13.5. The number of hydrogen-bond acceptors (Lipinski definition) is 10. The van der Waals surface area contributed by atoms with Gasteiger partial charge in [0.05, 0.1) is 35.6 Å². The van der Waals surface area contributed by atoms with Gasteiger partial charge in [0.2, 0.25) is 5.60 Å². The predicted molar refractivity (Wildman–Crippen MR) is 137 cm³/mol. The molecule has 0 radical (unpaired) electrons. The third-order valence-corrected chi connectivity index (χ3v) is 8.64. The largest absolute Gasteiger partial charge is 0.509 e. The van der Waals surface area contributed by atoms with Gasteiger partial charge in [-0.25, -0.2) is 14.6 Å². The first-order valence-electron chi connectivity index (χ1n) is 11.5. The number of esters is 1. The van der Waals surface area contributed by atoms with Crippen LogP contribution in [0.1, 0.15) is 30.0 Å². The van der Waals surface area contributed by atoms with Gasteiger partial charge in [0.1, 0.15) is 13.2 Å². The fourth-order valence-electron chi connectivity index (χ4n) is 4.57. The summed E-state index contributed by atoms with van der Waals surface area (Å²) in [5.74, 6) is 0.326. The summed E-state index contributed by atoms with van der Waals surface area (Å²) in [5, 5.41) is 9.80. The molecule has 2 aromatic heterocycles. The number of cyclic esters (lactones) is 1. The molecule has 11 heteroatoms. The molecule has 36 heavy (non-hydrogen) atoms. The smallest absolute Gasteiger partial charge is 0.457 e. The summed E-state index contributed by atoms with van der Waals surface area (Å²) in [6.07, 6.45) is -0.949. The molecule has 0 amide bonds. The minimum absolute atomic E-state index is 0.0654. The molecule has 0 spiro atoms. The Morgan fingerprint density at radius 2 is 2.03 bits per heavy atom. The van der Waals surface area contributed by atoms with Crippen LogP contribution in [0.3, 0.4) is 0 Å². The summed E-state index contributed by atoms with van der Waals surface area (Å²) in [6.45, 7) is 1.99. The van der Waals surface area contributed by atoms with Gasteiger partial charge in [-0.3, -0.25) is 4.79 Å². The topological polar surface area (TPSA) is 117 Å². The second-order valence-corrected chi connectivity index (χ2v) is 11.0. The second-order valence-electron chi connectivity index (χ2n) is 8.33. The highest BCUT2D eigenvalue weighted by Crippen LogP contribution is 2.41. The number of aromatic nitrogens is 2. The molecular weight excluding hydrogens is 504 g/mol. The van der Waals surface area contributed by atoms with Crippen LogP contribution in [0.25, 0.3) is 22.3 Å². The van der Waals surface area contributed by atoms with Crippen molar-refractivity contribution in [1.29, 1.82) is 0 Å². The molecule has 0 aliphatic carbocycles. The van der Waals surface area contributed by atoms with Gasteiger partial charge >= 0.3 is 12.1 Å². The highest BCUT2D eigenvalue weighted by Gasteiger charge is 2.51. The van der Waals surface area contributed by atoms with Crippen LogP contribution >= 0.6 is 21.6 Å². The lowest BCUT2D eigenvalue weighted by Crippen LogP contribution is -2.47. The number of rotatable bonds is 8. The third kappa shape index (κ3) is 4.25. The molecule has 4 heterocycles. The Labute approximate surface area is 214 Å². The molecule has 0 saturated carbocycles. The molecule has 2 aliphatic rings. The van der Waals surface area contributed by atoms with Gasteiger partial charge in [-0.2, -0.15) is 0 Å². The summed E-state index contributed by atoms with van der Waals surface area (Å²) in [7, 11) is 2.91. The zero-order valence-electron chi connectivity index (χ0n) is 19.5. The standard InChI is InChI=1S/C25H24N2O7S2/c1-2-25(34-24(31)32-8-10-36-35-9-7-28)18-12-20-21-16(11-15-5-3-4-6-19(15)26-21)13-27(20)22(29)17(18)14-33-23(25)30/h3-6,11-12,28H,2,7-10,13-14H2,1H3. The minimum atomic E-state index is -1.79. The lowest BCUT2D eigenvalue weighted by molar-refractivity contribution is -0.175. The Balaban J connectivity index is 1.49. The van der Waals surface area contributed by atoms with Gasteiger partial charge in [-0.05, 0) is 24.6 Å². The van der Waals surface area contributed by atoms with E-state index in [1.165, 1.54) is 21.6 Å².